The average molecular weight is 327 g/mol. The summed E-state index contributed by atoms with van der Waals surface area (Å²) in [5.74, 6) is -1.24. The molecule has 1 aliphatic heterocycles. The summed E-state index contributed by atoms with van der Waals surface area (Å²) in [6.45, 7) is 1.48. The predicted molar refractivity (Wildman–Crippen MR) is 83.5 cm³/mol. The van der Waals surface area contributed by atoms with Crippen LogP contribution in [0.4, 0.5) is 11.4 Å². The van der Waals surface area contributed by atoms with Crippen molar-refractivity contribution in [2.45, 2.75) is 18.9 Å². The second-order valence-corrected chi connectivity index (χ2v) is 5.56. The van der Waals surface area contributed by atoms with Crippen molar-refractivity contribution >= 4 is 23.3 Å². The van der Waals surface area contributed by atoms with Crippen LogP contribution < -0.4 is 5.32 Å². The maximum Gasteiger partial charge on any atom is 0.339 e. The fourth-order valence-electron chi connectivity index (χ4n) is 2.55. The average Bonchev–Trinajstić information content (AvgIpc) is 2.55. The molecule has 122 valence electrons. The first kappa shape index (κ1) is 15.6. The van der Waals surface area contributed by atoms with Crippen LogP contribution in [0.5, 0.6) is 0 Å². The van der Waals surface area contributed by atoms with E-state index in [9.17, 15) is 19.7 Å². The topological polar surface area (TPSA) is 111 Å². The summed E-state index contributed by atoms with van der Waals surface area (Å²) in [6, 6.07) is 8.17. The highest BCUT2D eigenvalue weighted by atomic mass is 16.6. The molecule has 0 aliphatic carbocycles. The number of hydrogen-bond donors (Lipinski definition) is 1. The zero-order valence-electron chi connectivity index (χ0n) is 12.7. The molecule has 2 heterocycles. The van der Waals surface area contributed by atoms with Gasteiger partial charge in [0.2, 0.25) is 0 Å². The van der Waals surface area contributed by atoms with Crippen LogP contribution in [0.15, 0.2) is 42.7 Å². The molecule has 0 bridgehead atoms. The molecule has 0 saturated carbocycles. The fourth-order valence-corrected chi connectivity index (χ4v) is 2.55. The summed E-state index contributed by atoms with van der Waals surface area (Å²) in [5, 5.41) is 13.5. The van der Waals surface area contributed by atoms with Crippen LogP contribution in [0.25, 0.3) is 0 Å². The normalized spacial score (nSPS) is 19.1. The first-order valence-electron chi connectivity index (χ1n) is 7.12. The van der Waals surface area contributed by atoms with E-state index >= 15 is 0 Å². The number of fused-ring (bicyclic) bond motifs is 1. The summed E-state index contributed by atoms with van der Waals surface area (Å²) in [7, 11) is 0. The van der Waals surface area contributed by atoms with Gasteiger partial charge in [0.25, 0.3) is 5.91 Å². The number of cyclic esters (lactones) is 1. The van der Waals surface area contributed by atoms with Crippen molar-refractivity contribution in [2.24, 2.45) is 0 Å². The quantitative estimate of drug-likeness (QED) is 0.525. The molecule has 8 heteroatoms. The number of nitrogens with zero attached hydrogens (tertiary/aromatic N) is 2. The third-order valence-electron chi connectivity index (χ3n) is 3.81. The third kappa shape index (κ3) is 2.69. The predicted octanol–water partition coefficient (Wildman–Crippen LogP) is 2.10. The molecule has 1 aliphatic rings. The Morgan fingerprint density at radius 2 is 2.12 bits per heavy atom. The molecule has 8 nitrogen and oxygen atoms in total. The number of aromatic nitrogens is 1. The monoisotopic (exact) mass is 327 g/mol. The summed E-state index contributed by atoms with van der Waals surface area (Å²) < 4.78 is 5.30. The van der Waals surface area contributed by atoms with E-state index in [1.165, 1.54) is 19.2 Å². The van der Waals surface area contributed by atoms with Crippen LogP contribution in [0.3, 0.4) is 0 Å². The van der Waals surface area contributed by atoms with Crippen LogP contribution in [-0.4, -0.2) is 27.4 Å². The molecule has 0 fully saturated rings. The third-order valence-corrected chi connectivity index (χ3v) is 3.81. The van der Waals surface area contributed by atoms with Gasteiger partial charge in [0.15, 0.2) is 5.60 Å². The molecule has 3 rings (SSSR count). The Morgan fingerprint density at radius 3 is 2.88 bits per heavy atom. The van der Waals surface area contributed by atoms with Crippen molar-refractivity contribution in [2.75, 3.05) is 5.32 Å². The Balaban J connectivity index is 1.89. The van der Waals surface area contributed by atoms with E-state index in [1.54, 1.807) is 24.3 Å². The molecule has 1 amide bonds. The van der Waals surface area contributed by atoms with Crippen molar-refractivity contribution < 1.29 is 19.2 Å². The smallest absolute Gasteiger partial charge is 0.339 e. The van der Waals surface area contributed by atoms with Gasteiger partial charge in [0, 0.05) is 12.6 Å². The minimum atomic E-state index is -1.46. The summed E-state index contributed by atoms with van der Waals surface area (Å²) >= 11 is 0. The fraction of sp³-hybridized carbons (Fsp3) is 0.188. The van der Waals surface area contributed by atoms with Gasteiger partial charge in [0.05, 0.1) is 10.5 Å². The highest BCUT2D eigenvalue weighted by Gasteiger charge is 2.43. The lowest BCUT2D eigenvalue weighted by Crippen LogP contribution is -2.49. The molecule has 0 spiro atoms. The highest BCUT2D eigenvalue weighted by Crippen LogP contribution is 2.30. The number of nitrogens with one attached hydrogen (secondary N) is 1. The second-order valence-electron chi connectivity index (χ2n) is 5.56. The Kier molecular flexibility index (Phi) is 3.72. The van der Waals surface area contributed by atoms with E-state index in [2.05, 4.69) is 10.3 Å². The van der Waals surface area contributed by atoms with Crippen LogP contribution >= 0.6 is 0 Å². The van der Waals surface area contributed by atoms with E-state index in [0.717, 1.165) is 6.20 Å². The highest BCUT2D eigenvalue weighted by molar-refractivity contribution is 6.03. The van der Waals surface area contributed by atoms with Crippen molar-refractivity contribution in [1.82, 2.24) is 4.98 Å². The van der Waals surface area contributed by atoms with Gasteiger partial charge in [-0.05, 0) is 24.6 Å². The maximum absolute atomic E-state index is 12.6. The van der Waals surface area contributed by atoms with Gasteiger partial charge >= 0.3 is 11.7 Å². The Hall–Kier alpha value is -3.29. The second kappa shape index (κ2) is 5.73. The molecule has 2 aromatic rings. The number of pyridine rings is 1. The molecule has 1 N–H and O–H groups in total. The van der Waals surface area contributed by atoms with Gasteiger partial charge < -0.3 is 10.1 Å². The van der Waals surface area contributed by atoms with Crippen LogP contribution in [0.1, 0.15) is 22.8 Å². The van der Waals surface area contributed by atoms with E-state index in [4.69, 9.17) is 4.74 Å². The zero-order chi connectivity index (χ0) is 17.3. The van der Waals surface area contributed by atoms with Crippen molar-refractivity contribution in [3.05, 3.63) is 64.0 Å². The van der Waals surface area contributed by atoms with E-state index in [0.29, 0.717) is 11.1 Å². The number of amides is 1. The van der Waals surface area contributed by atoms with Gasteiger partial charge in [0.1, 0.15) is 11.9 Å². The van der Waals surface area contributed by atoms with Gasteiger partial charge in [-0.25, -0.2) is 4.79 Å². The van der Waals surface area contributed by atoms with E-state index in [1.807, 2.05) is 0 Å². The van der Waals surface area contributed by atoms with Crippen molar-refractivity contribution in [1.29, 1.82) is 0 Å². The number of carbonyl (C=O) groups is 2. The Labute approximate surface area is 136 Å². The summed E-state index contributed by atoms with van der Waals surface area (Å²) in [5.41, 5.74) is -0.691. The van der Waals surface area contributed by atoms with E-state index < -0.39 is 22.4 Å². The molecule has 0 radical (unpaired) electrons. The van der Waals surface area contributed by atoms with Crippen LogP contribution in [-0.2, 0) is 16.0 Å². The summed E-state index contributed by atoms with van der Waals surface area (Å²) in [4.78, 5) is 38.7. The minimum absolute atomic E-state index is 0.00358. The molecule has 1 aromatic carbocycles. The number of rotatable bonds is 3. The molecule has 1 aromatic heterocycles. The standard InChI is InChI=1S/C16H13N3O5/c1-16(8-10-4-2-3-5-11(10)14(20)24-16)15(21)18-12-6-7-17-9-13(12)19(22)23/h2-7,9H,8H2,1H3,(H,17,18,21)/t16-/m0/s1. The number of esters is 1. The Morgan fingerprint density at radius 1 is 1.38 bits per heavy atom. The number of carbonyl (C=O) groups excluding carboxylic acids is 2. The number of ether oxygens (including phenoxy) is 1. The molecule has 24 heavy (non-hydrogen) atoms. The van der Waals surface area contributed by atoms with Gasteiger partial charge in [-0.2, -0.15) is 0 Å². The Bertz CT molecular complexity index is 851. The lowest BCUT2D eigenvalue weighted by molar-refractivity contribution is -0.384. The molecular formula is C16H13N3O5. The van der Waals surface area contributed by atoms with Gasteiger partial charge in [-0.1, -0.05) is 18.2 Å². The molecule has 0 unspecified atom stereocenters. The lowest BCUT2D eigenvalue weighted by atomic mass is 9.89. The first-order valence-corrected chi connectivity index (χ1v) is 7.12. The molecule has 0 saturated heterocycles. The van der Waals surface area contributed by atoms with Crippen molar-refractivity contribution in [3.63, 3.8) is 0 Å². The van der Waals surface area contributed by atoms with Crippen LogP contribution in [0.2, 0.25) is 0 Å². The van der Waals surface area contributed by atoms with E-state index in [-0.39, 0.29) is 17.8 Å². The lowest BCUT2D eigenvalue weighted by Gasteiger charge is -2.32. The van der Waals surface area contributed by atoms with Crippen molar-refractivity contribution in [3.8, 4) is 0 Å². The summed E-state index contributed by atoms with van der Waals surface area (Å²) in [6.07, 6.45) is 2.55. The number of benzene rings is 1. The zero-order valence-corrected chi connectivity index (χ0v) is 12.7. The van der Waals surface area contributed by atoms with Crippen LogP contribution in [0, 0.1) is 10.1 Å². The SMILES string of the molecule is C[C@@]1(C(=O)Nc2ccncc2[N+](=O)[O-])Cc2ccccc2C(=O)O1. The van der Waals surface area contributed by atoms with Gasteiger partial charge in [-0.15, -0.1) is 0 Å². The maximum atomic E-state index is 12.6. The first-order chi connectivity index (χ1) is 11.4. The minimum Gasteiger partial charge on any atom is -0.445 e. The largest absolute Gasteiger partial charge is 0.445 e. The molecular weight excluding hydrogens is 314 g/mol. The number of nitro groups is 1. The molecule has 1 atom stereocenters. The number of anilines is 1. The number of hydrogen-bond acceptors (Lipinski definition) is 6. The van der Waals surface area contributed by atoms with Gasteiger partial charge in [-0.3, -0.25) is 19.9 Å².